The van der Waals surface area contributed by atoms with Crippen LogP contribution >= 0.6 is 0 Å². The summed E-state index contributed by atoms with van der Waals surface area (Å²) in [5.74, 6) is 0. The van der Waals surface area contributed by atoms with Crippen LogP contribution in [0.15, 0.2) is 0 Å². The molecule has 0 amide bonds. The largest absolute Gasteiger partial charge is 0.506 e. The van der Waals surface area contributed by atoms with E-state index in [1.165, 1.54) is 19.3 Å². The summed E-state index contributed by atoms with van der Waals surface area (Å²) < 4.78 is 5.08. The Labute approximate surface area is 85.5 Å². The zero-order chi connectivity index (χ0) is 10.4. The van der Waals surface area contributed by atoms with Gasteiger partial charge in [-0.25, -0.2) is 4.79 Å². The molecule has 0 saturated heterocycles. The van der Waals surface area contributed by atoms with Gasteiger partial charge in [-0.2, -0.15) is 0 Å². The Hall–Kier alpha value is -0.730. The van der Waals surface area contributed by atoms with E-state index in [4.69, 9.17) is 9.84 Å². The Balaban J connectivity index is 2.57. The lowest BCUT2D eigenvalue weighted by Crippen LogP contribution is -2.34. The van der Waals surface area contributed by atoms with E-state index in [1.807, 2.05) is 6.92 Å². The van der Waals surface area contributed by atoms with Gasteiger partial charge in [0.05, 0.1) is 0 Å². The molecule has 0 radical (unpaired) electrons. The van der Waals surface area contributed by atoms with E-state index in [-0.39, 0.29) is 5.60 Å². The van der Waals surface area contributed by atoms with Crippen molar-refractivity contribution in [3.8, 4) is 0 Å². The Morgan fingerprint density at radius 1 is 1.21 bits per heavy atom. The fourth-order valence-corrected chi connectivity index (χ4v) is 2.26. The van der Waals surface area contributed by atoms with Gasteiger partial charge in [0.25, 0.3) is 0 Å². The molecule has 0 unspecified atom stereocenters. The average molecular weight is 200 g/mol. The van der Waals surface area contributed by atoms with Crippen molar-refractivity contribution >= 4 is 6.16 Å². The summed E-state index contributed by atoms with van der Waals surface area (Å²) in [6.07, 6.45) is 7.39. The summed E-state index contributed by atoms with van der Waals surface area (Å²) in [5, 5.41) is 8.70. The van der Waals surface area contributed by atoms with Crippen molar-refractivity contribution in [1.82, 2.24) is 0 Å². The number of carboxylic acid groups (broad SMARTS) is 1. The van der Waals surface area contributed by atoms with Crippen LogP contribution in [0.4, 0.5) is 4.79 Å². The van der Waals surface area contributed by atoms with E-state index in [0.717, 1.165) is 32.1 Å². The van der Waals surface area contributed by atoms with Crippen LogP contribution in [-0.2, 0) is 4.74 Å². The highest BCUT2D eigenvalue weighted by Gasteiger charge is 2.32. The fraction of sp³-hybridized carbons (Fsp3) is 0.909. The summed E-state index contributed by atoms with van der Waals surface area (Å²) in [6.45, 7) is 2.02. The summed E-state index contributed by atoms with van der Waals surface area (Å²) >= 11 is 0. The van der Waals surface area contributed by atoms with Gasteiger partial charge in [0, 0.05) is 0 Å². The molecule has 3 nitrogen and oxygen atoms in total. The maximum atomic E-state index is 10.6. The molecule has 1 aliphatic rings. The van der Waals surface area contributed by atoms with Crippen LogP contribution in [0.3, 0.4) is 0 Å². The minimum absolute atomic E-state index is 0.383. The zero-order valence-electron chi connectivity index (χ0n) is 8.92. The van der Waals surface area contributed by atoms with Crippen molar-refractivity contribution in [2.24, 2.45) is 0 Å². The first kappa shape index (κ1) is 11.3. The Morgan fingerprint density at radius 3 is 2.14 bits per heavy atom. The number of hydrogen-bond donors (Lipinski definition) is 1. The van der Waals surface area contributed by atoms with Gasteiger partial charge in [-0.15, -0.1) is 0 Å². The van der Waals surface area contributed by atoms with Crippen molar-refractivity contribution < 1.29 is 14.6 Å². The molecule has 1 N–H and O–H groups in total. The topological polar surface area (TPSA) is 46.5 Å². The number of rotatable bonds is 2. The second kappa shape index (κ2) is 5.23. The maximum Gasteiger partial charge on any atom is 0.506 e. The third-order valence-electron chi connectivity index (χ3n) is 3.21. The summed E-state index contributed by atoms with van der Waals surface area (Å²) in [6, 6.07) is 0. The van der Waals surface area contributed by atoms with Crippen LogP contribution in [0.1, 0.15) is 58.3 Å². The molecule has 1 aliphatic carbocycles. The van der Waals surface area contributed by atoms with Gasteiger partial charge in [-0.1, -0.05) is 26.2 Å². The van der Waals surface area contributed by atoms with Gasteiger partial charge in [0.15, 0.2) is 0 Å². The first-order valence-electron chi connectivity index (χ1n) is 5.60. The van der Waals surface area contributed by atoms with E-state index >= 15 is 0 Å². The fourth-order valence-electron chi connectivity index (χ4n) is 2.26. The molecule has 82 valence electrons. The number of hydrogen-bond acceptors (Lipinski definition) is 2. The van der Waals surface area contributed by atoms with Crippen molar-refractivity contribution in [2.75, 3.05) is 0 Å². The molecule has 0 heterocycles. The average Bonchev–Trinajstić information content (AvgIpc) is 2.09. The Kier molecular flexibility index (Phi) is 4.23. The molecule has 14 heavy (non-hydrogen) atoms. The van der Waals surface area contributed by atoms with E-state index in [0.29, 0.717) is 0 Å². The molecule has 0 bridgehead atoms. The van der Waals surface area contributed by atoms with Gasteiger partial charge in [-0.3, -0.25) is 0 Å². The van der Waals surface area contributed by atoms with Crippen LogP contribution in [0.25, 0.3) is 0 Å². The lowest BCUT2D eigenvalue weighted by atomic mass is 9.85. The molecule has 3 heteroatoms. The molecule has 0 aromatic rings. The first-order valence-corrected chi connectivity index (χ1v) is 5.60. The lowest BCUT2D eigenvalue weighted by Gasteiger charge is -2.32. The summed E-state index contributed by atoms with van der Waals surface area (Å²) in [5.41, 5.74) is -0.383. The van der Waals surface area contributed by atoms with Crippen LogP contribution in [-0.4, -0.2) is 16.9 Å². The van der Waals surface area contributed by atoms with Crippen LogP contribution < -0.4 is 0 Å². The number of carbonyl (C=O) groups is 1. The SMILES string of the molecule is CCC1(OC(=O)O)CCCCCCC1. The third-order valence-corrected chi connectivity index (χ3v) is 3.21. The zero-order valence-corrected chi connectivity index (χ0v) is 8.92. The number of ether oxygens (including phenoxy) is 1. The molecule has 0 spiro atoms. The van der Waals surface area contributed by atoms with Crippen molar-refractivity contribution in [3.63, 3.8) is 0 Å². The van der Waals surface area contributed by atoms with Gasteiger partial charge in [0.1, 0.15) is 5.60 Å². The molecular formula is C11H20O3. The highest BCUT2D eigenvalue weighted by molar-refractivity contribution is 5.57. The minimum atomic E-state index is -1.12. The predicted molar refractivity (Wildman–Crippen MR) is 54.5 cm³/mol. The van der Waals surface area contributed by atoms with Crippen LogP contribution in [0, 0.1) is 0 Å². The van der Waals surface area contributed by atoms with Crippen LogP contribution in [0.5, 0.6) is 0 Å². The Morgan fingerprint density at radius 2 is 1.71 bits per heavy atom. The predicted octanol–water partition coefficient (Wildman–Crippen LogP) is 3.57. The van der Waals surface area contributed by atoms with Gasteiger partial charge in [-0.05, 0) is 32.1 Å². The van der Waals surface area contributed by atoms with Crippen molar-refractivity contribution in [1.29, 1.82) is 0 Å². The van der Waals surface area contributed by atoms with Crippen molar-refractivity contribution in [3.05, 3.63) is 0 Å². The second-order valence-corrected chi connectivity index (χ2v) is 4.17. The summed E-state index contributed by atoms with van der Waals surface area (Å²) in [4.78, 5) is 10.6. The molecule has 0 aromatic heterocycles. The molecule has 0 aromatic carbocycles. The summed E-state index contributed by atoms with van der Waals surface area (Å²) in [7, 11) is 0. The molecule has 0 atom stereocenters. The van der Waals surface area contributed by atoms with Crippen LogP contribution in [0.2, 0.25) is 0 Å². The second-order valence-electron chi connectivity index (χ2n) is 4.17. The monoisotopic (exact) mass is 200 g/mol. The Bertz CT molecular complexity index is 181. The van der Waals surface area contributed by atoms with E-state index in [2.05, 4.69) is 0 Å². The normalized spacial score (nSPS) is 22.1. The first-order chi connectivity index (χ1) is 6.68. The molecule has 1 fully saturated rings. The standard InChI is InChI=1S/C11H20O3/c1-2-11(14-10(12)13)8-6-4-3-5-7-9-11/h2-9H2,1H3,(H,12,13). The highest BCUT2D eigenvalue weighted by Crippen LogP contribution is 2.32. The molecule has 1 saturated carbocycles. The molecule has 1 rings (SSSR count). The quantitative estimate of drug-likeness (QED) is 0.693. The van der Waals surface area contributed by atoms with E-state index in [1.54, 1.807) is 0 Å². The van der Waals surface area contributed by atoms with E-state index < -0.39 is 6.16 Å². The van der Waals surface area contributed by atoms with E-state index in [9.17, 15) is 4.79 Å². The highest BCUT2D eigenvalue weighted by atomic mass is 16.7. The molecule has 0 aliphatic heterocycles. The van der Waals surface area contributed by atoms with Gasteiger partial charge in [0.2, 0.25) is 0 Å². The van der Waals surface area contributed by atoms with Gasteiger partial charge >= 0.3 is 6.16 Å². The van der Waals surface area contributed by atoms with Crippen molar-refractivity contribution in [2.45, 2.75) is 63.9 Å². The maximum absolute atomic E-state index is 10.6. The minimum Gasteiger partial charge on any atom is -0.450 e. The molecular weight excluding hydrogens is 180 g/mol. The smallest absolute Gasteiger partial charge is 0.450 e. The third kappa shape index (κ3) is 3.20. The lowest BCUT2D eigenvalue weighted by molar-refractivity contribution is -0.0373. The van der Waals surface area contributed by atoms with Gasteiger partial charge < -0.3 is 9.84 Å².